The molecule has 0 bridgehead atoms. The fourth-order valence-corrected chi connectivity index (χ4v) is 5.26. The van der Waals surface area contributed by atoms with Gasteiger partial charge >= 0.3 is 0 Å². The molecule has 3 N–H and O–H groups in total. The molecule has 0 spiro atoms. The van der Waals surface area contributed by atoms with Crippen molar-refractivity contribution in [2.75, 3.05) is 23.6 Å². The molecule has 1 heterocycles. The number of nitrogens with one attached hydrogen (secondary N) is 1. The van der Waals surface area contributed by atoms with Gasteiger partial charge in [-0.2, -0.15) is 4.31 Å². The normalized spacial score (nSPS) is 17.0. The average Bonchev–Trinajstić information content (AvgIpc) is 2.53. The van der Waals surface area contributed by atoms with Gasteiger partial charge in [0.15, 0.2) is 0 Å². The number of anilines is 1. The standard InChI is InChI=1S/C15H25N3O4S2.ClH/c1-2-3-12-23(19,20)17-14-4-6-15(7-5-14)24(21,22)18-10-8-13(16)9-11-18;/h4-7,13,17H,2-3,8-12,16H2,1H3;1H. The van der Waals surface area contributed by atoms with Crippen LogP contribution < -0.4 is 10.5 Å². The Morgan fingerprint density at radius 3 is 2.20 bits per heavy atom. The van der Waals surface area contributed by atoms with Gasteiger partial charge in [-0.25, -0.2) is 16.8 Å². The molecular formula is C15H26ClN3O4S2. The summed E-state index contributed by atoms with van der Waals surface area (Å²) >= 11 is 0. The molecule has 0 atom stereocenters. The Hall–Kier alpha value is -0.870. The Morgan fingerprint density at radius 2 is 1.68 bits per heavy atom. The lowest BCUT2D eigenvalue weighted by Gasteiger charge is -2.29. The van der Waals surface area contributed by atoms with Crippen LogP contribution in [0.15, 0.2) is 29.2 Å². The third-order valence-electron chi connectivity index (χ3n) is 4.03. The summed E-state index contributed by atoms with van der Waals surface area (Å²) in [5.41, 5.74) is 6.17. The molecule has 2 rings (SSSR count). The maximum absolute atomic E-state index is 12.6. The second-order valence-corrected chi connectivity index (χ2v) is 9.82. The van der Waals surface area contributed by atoms with Gasteiger partial charge in [0.2, 0.25) is 20.0 Å². The highest BCUT2D eigenvalue weighted by atomic mass is 35.5. The van der Waals surface area contributed by atoms with Crippen LogP contribution in [-0.2, 0) is 20.0 Å². The SMILES string of the molecule is CCCCS(=O)(=O)Nc1ccc(S(=O)(=O)N2CCC(N)CC2)cc1.Cl. The summed E-state index contributed by atoms with van der Waals surface area (Å²) in [7, 11) is -6.96. The van der Waals surface area contributed by atoms with E-state index >= 15 is 0 Å². The zero-order valence-corrected chi connectivity index (χ0v) is 16.7. The highest BCUT2D eigenvalue weighted by Gasteiger charge is 2.28. The third kappa shape index (κ3) is 6.10. The van der Waals surface area contributed by atoms with Crippen LogP contribution >= 0.6 is 12.4 Å². The van der Waals surface area contributed by atoms with Gasteiger partial charge in [-0.3, -0.25) is 4.72 Å². The molecule has 0 aromatic heterocycles. The lowest BCUT2D eigenvalue weighted by molar-refractivity contribution is 0.320. The first-order valence-corrected chi connectivity index (χ1v) is 11.2. The van der Waals surface area contributed by atoms with Crippen molar-refractivity contribution in [2.24, 2.45) is 5.73 Å². The lowest BCUT2D eigenvalue weighted by Crippen LogP contribution is -2.42. The largest absolute Gasteiger partial charge is 0.328 e. The summed E-state index contributed by atoms with van der Waals surface area (Å²) in [6, 6.07) is 5.87. The Balaban J connectivity index is 0.00000312. The van der Waals surface area contributed by atoms with Crippen LogP contribution in [0.3, 0.4) is 0 Å². The fourth-order valence-electron chi connectivity index (χ4n) is 2.53. The zero-order valence-electron chi connectivity index (χ0n) is 14.2. The predicted octanol–water partition coefficient (Wildman–Crippen LogP) is 1.76. The van der Waals surface area contributed by atoms with E-state index in [1.807, 2.05) is 6.92 Å². The summed E-state index contributed by atoms with van der Waals surface area (Å²) in [6.45, 7) is 2.74. The van der Waals surface area contributed by atoms with Gasteiger partial charge in [-0.1, -0.05) is 13.3 Å². The summed E-state index contributed by atoms with van der Waals surface area (Å²) in [4.78, 5) is 0.162. The fraction of sp³-hybridized carbons (Fsp3) is 0.600. The van der Waals surface area contributed by atoms with Crippen molar-refractivity contribution in [1.82, 2.24) is 4.31 Å². The quantitative estimate of drug-likeness (QED) is 0.710. The van der Waals surface area contributed by atoms with E-state index in [1.54, 1.807) is 0 Å². The Bertz CT molecular complexity index is 743. The van der Waals surface area contributed by atoms with Gasteiger partial charge in [0.05, 0.1) is 10.6 Å². The molecule has 0 radical (unpaired) electrons. The molecule has 0 unspecified atom stereocenters. The number of halogens is 1. The molecule has 0 amide bonds. The van der Waals surface area contributed by atoms with E-state index < -0.39 is 20.0 Å². The zero-order chi connectivity index (χ0) is 17.8. The van der Waals surface area contributed by atoms with Crippen LogP contribution in [0, 0.1) is 0 Å². The molecule has 0 aliphatic carbocycles. The lowest BCUT2D eigenvalue weighted by atomic mass is 10.1. The van der Waals surface area contributed by atoms with E-state index in [4.69, 9.17) is 5.73 Å². The second-order valence-electron chi connectivity index (χ2n) is 6.04. The first kappa shape index (κ1) is 22.2. The molecule has 25 heavy (non-hydrogen) atoms. The van der Waals surface area contributed by atoms with Crippen LogP contribution in [0.1, 0.15) is 32.6 Å². The van der Waals surface area contributed by atoms with Gasteiger partial charge in [0.1, 0.15) is 0 Å². The van der Waals surface area contributed by atoms with E-state index in [-0.39, 0.29) is 29.1 Å². The number of hydrogen-bond donors (Lipinski definition) is 2. The summed E-state index contributed by atoms with van der Waals surface area (Å²) in [5, 5.41) is 0. The summed E-state index contributed by atoms with van der Waals surface area (Å²) in [6.07, 6.45) is 2.67. The first-order valence-electron chi connectivity index (χ1n) is 8.11. The van der Waals surface area contributed by atoms with E-state index in [2.05, 4.69) is 4.72 Å². The number of nitrogens with two attached hydrogens (primary N) is 1. The number of benzene rings is 1. The summed E-state index contributed by atoms with van der Waals surface area (Å²) in [5.74, 6) is 0.0532. The Kier molecular flexibility index (Phi) is 8.14. The molecule has 1 saturated heterocycles. The van der Waals surface area contributed by atoms with Gasteiger partial charge in [0, 0.05) is 24.8 Å². The topological polar surface area (TPSA) is 110 Å². The van der Waals surface area contributed by atoms with Crippen molar-refractivity contribution in [3.8, 4) is 0 Å². The van der Waals surface area contributed by atoms with E-state index in [0.29, 0.717) is 38.0 Å². The van der Waals surface area contributed by atoms with Crippen LogP contribution in [0.2, 0.25) is 0 Å². The van der Waals surface area contributed by atoms with Crippen molar-refractivity contribution >= 4 is 38.1 Å². The van der Waals surface area contributed by atoms with Gasteiger partial charge in [0.25, 0.3) is 0 Å². The molecule has 144 valence electrons. The number of piperidine rings is 1. The van der Waals surface area contributed by atoms with Gasteiger partial charge in [-0.05, 0) is 43.5 Å². The minimum Gasteiger partial charge on any atom is -0.328 e. The smallest absolute Gasteiger partial charge is 0.243 e. The van der Waals surface area contributed by atoms with Crippen molar-refractivity contribution in [3.05, 3.63) is 24.3 Å². The van der Waals surface area contributed by atoms with Crippen LogP contribution in [0.25, 0.3) is 0 Å². The molecule has 1 aliphatic heterocycles. The van der Waals surface area contributed by atoms with Gasteiger partial charge < -0.3 is 5.73 Å². The number of rotatable bonds is 7. The van der Waals surface area contributed by atoms with E-state index in [1.165, 1.54) is 28.6 Å². The molecule has 0 saturated carbocycles. The maximum atomic E-state index is 12.6. The van der Waals surface area contributed by atoms with Crippen LogP contribution in [0.4, 0.5) is 5.69 Å². The number of hydrogen-bond acceptors (Lipinski definition) is 5. The van der Waals surface area contributed by atoms with Crippen LogP contribution in [-0.4, -0.2) is 46.0 Å². The molecule has 1 aromatic carbocycles. The monoisotopic (exact) mass is 411 g/mol. The molecule has 1 aromatic rings. The minimum absolute atomic E-state index is 0. The third-order valence-corrected chi connectivity index (χ3v) is 7.32. The number of nitrogens with zero attached hydrogens (tertiary/aromatic N) is 1. The van der Waals surface area contributed by atoms with Gasteiger partial charge in [-0.15, -0.1) is 12.4 Å². The molecule has 1 fully saturated rings. The van der Waals surface area contributed by atoms with E-state index in [0.717, 1.165) is 6.42 Å². The molecular weight excluding hydrogens is 386 g/mol. The molecule has 1 aliphatic rings. The average molecular weight is 412 g/mol. The Morgan fingerprint density at radius 1 is 1.12 bits per heavy atom. The van der Waals surface area contributed by atoms with Crippen LogP contribution in [0.5, 0.6) is 0 Å². The summed E-state index contributed by atoms with van der Waals surface area (Å²) < 4.78 is 52.8. The van der Waals surface area contributed by atoms with Crippen molar-refractivity contribution in [3.63, 3.8) is 0 Å². The van der Waals surface area contributed by atoms with Crippen molar-refractivity contribution in [2.45, 2.75) is 43.5 Å². The minimum atomic E-state index is -3.56. The highest BCUT2D eigenvalue weighted by Crippen LogP contribution is 2.22. The molecule has 10 heteroatoms. The highest BCUT2D eigenvalue weighted by molar-refractivity contribution is 7.92. The first-order chi connectivity index (χ1) is 11.2. The number of unbranched alkanes of at least 4 members (excludes halogenated alkanes) is 1. The van der Waals surface area contributed by atoms with Crippen molar-refractivity contribution in [1.29, 1.82) is 0 Å². The van der Waals surface area contributed by atoms with Crippen molar-refractivity contribution < 1.29 is 16.8 Å². The predicted molar refractivity (Wildman–Crippen MR) is 102 cm³/mol. The maximum Gasteiger partial charge on any atom is 0.243 e. The number of sulfonamides is 2. The Labute approximate surface area is 156 Å². The van der Waals surface area contributed by atoms with E-state index in [9.17, 15) is 16.8 Å². The molecule has 7 nitrogen and oxygen atoms in total. The second kappa shape index (κ2) is 9.18.